The van der Waals surface area contributed by atoms with Crippen LogP contribution < -0.4 is 9.47 Å². The molecule has 33 heavy (non-hydrogen) atoms. The van der Waals surface area contributed by atoms with Gasteiger partial charge in [0.1, 0.15) is 6.61 Å². The van der Waals surface area contributed by atoms with Gasteiger partial charge in [0.15, 0.2) is 11.5 Å². The van der Waals surface area contributed by atoms with Crippen molar-refractivity contribution >= 4 is 40.1 Å². The summed E-state index contributed by atoms with van der Waals surface area (Å²) in [5, 5.41) is 11.1. The Kier molecular flexibility index (Phi) is 6.55. The molecular weight excluding hydrogens is 440 g/mol. The Morgan fingerprint density at radius 1 is 1.33 bits per heavy atom. The zero-order valence-corrected chi connectivity index (χ0v) is 19.1. The number of terminal acetylenes is 1. The number of carboxylic acid groups (broad SMARTS) is 1. The zero-order chi connectivity index (χ0) is 23.5. The van der Waals surface area contributed by atoms with Gasteiger partial charge < -0.3 is 14.6 Å². The van der Waals surface area contributed by atoms with Crippen molar-refractivity contribution in [2.45, 2.75) is 13.5 Å². The van der Waals surface area contributed by atoms with E-state index in [2.05, 4.69) is 17.7 Å². The number of aromatic carboxylic acids is 1. The third-order valence-electron chi connectivity index (χ3n) is 5.63. The number of nitrogens with zero attached hydrogens (tertiary/aromatic N) is 2. The molecule has 1 aromatic heterocycles. The highest BCUT2D eigenvalue weighted by Crippen LogP contribution is 2.39. The highest BCUT2D eigenvalue weighted by Gasteiger charge is 2.28. The quantitative estimate of drug-likeness (QED) is 0.521. The predicted molar refractivity (Wildman–Crippen MR) is 130 cm³/mol. The van der Waals surface area contributed by atoms with Gasteiger partial charge in [0.25, 0.3) is 0 Å². The molecule has 7 heteroatoms. The number of carbonyl (C=O) groups is 1. The molecule has 0 aliphatic carbocycles. The topological polar surface area (TPSA) is 71.9 Å². The van der Waals surface area contributed by atoms with Crippen molar-refractivity contribution in [3.05, 3.63) is 63.8 Å². The van der Waals surface area contributed by atoms with Crippen molar-refractivity contribution in [1.29, 1.82) is 0 Å². The molecule has 0 saturated heterocycles. The first-order valence-corrected chi connectivity index (χ1v) is 10.9. The minimum atomic E-state index is -0.957. The predicted octanol–water partition coefficient (Wildman–Crippen LogP) is 4.98. The molecule has 0 spiro atoms. The molecule has 2 aromatic carbocycles. The molecule has 0 radical (unpaired) electrons. The van der Waals surface area contributed by atoms with Crippen LogP contribution in [0.2, 0.25) is 5.02 Å². The highest BCUT2D eigenvalue weighted by molar-refractivity contribution is 6.32. The summed E-state index contributed by atoms with van der Waals surface area (Å²) in [5.74, 6) is 2.31. The summed E-state index contributed by atoms with van der Waals surface area (Å²) in [4.78, 5) is 19.3. The van der Waals surface area contributed by atoms with Gasteiger partial charge in [0.05, 0.1) is 28.9 Å². The van der Waals surface area contributed by atoms with Crippen molar-refractivity contribution in [3.63, 3.8) is 0 Å². The lowest BCUT2D eigenvalue weighted by atomic mass is 9.92. The minimum Gasteiger partial charge on any atom is -0.493 e. The number of methoxy groups -OCH3 is 1. The molecule has 0 fully saturated rings. The molecule has 4 rings (SSSR count). The monoisotopic (exact) mass is 462 g/mol. The smallest absolute Gasteiger partial charge is 0.336 e. The Labute approximate surface area is 197 Å². The molecule has 1 aliphatic heterocycles. The number of likely N-dealkylation sites (N-methyl/N-ethyl adjacent to an activating group) is 1. The van der Waals surface area contributed by atoms with Crippen LogP contribution in [-0.4, -0.2) is 47.8 Å². The molecule has 1 aliphatic rings. The van der Waals surface area contributed by atoms with Crippen molar-refractivity contribution in [3.8, 4) is 23.8 Å². The molecule has 6 nitrogen and oxygen atoms in total. The molecule has 0 bridgehead atoms. The van der Waals surface area contributed by atoms with Crippen molar-refractivity contribution < 1.29 is 19.4 Å². The van der Waals surface area contributed by atoms with Crippen LogP contribution in [0, 0.1) is 12.3 Å². The van der Waals surface area contributed by atoms with Gasteiger partial charge in [-0.15, -0.1) is 6.42 Å². The van der Waals surface area contributed by atoms with Gasteiger partial charge in [-0.2, -0.15) is 0 Å². The van der Waals surface area contributed by atoms with E-state index in [1.54, 1.807) is 12.1 Å². The second-order valence-electron chi connectivity index (χ2n) is 7.64. The summed E-state index contributed by atoms with van der Waals surface area (Å²) in [7, 11) is 1.53. The van der Waals surface area contributed by atoms with Crippen LogP contribution in [0.1, 0.15) is 34.1 Å². The Balaban J connectivity index is 1.91. The van der Waals surface area contributed by atoms with Crippen LogP contribution in [-0.2, 0) is 6.54 Å². The average molecular weight is 463 g/mol. The van der Waals surface area contributed by atoms with Gasteiger partial charge in [-0.3, -0.25) is 4.90 Å². The fourth-order valence-corrected chi connectivity index (χ4v) is 4.40. The SMILES string of the molecule is C#CCOc1c(Cl)cc(/C=C2/CN(CC)Cc3c2nc2ccccc2c3C(=O)O)cc1OC. The second-order valence-corrected chi connectivity index (χ2v) is 8.04. The van der Waals surface area contributed by atoms with Gasteiger partial charge >= 0.3 is 5.97 Å². The standard InChI is InChI=1S/C26H23ClN2O4/c1-4-10-33-25-20(27)12-16(13-22(25)32-3)11-17-14-29(5-2)15-19-23(26(30)31)18-8-6-7-9-21(18)28-24(17)19/h1,6-9,11-13H,5,10,14-15H2,2-3H3,(H,30,31)/b17-11-. The summed E-state index contributed by atoms with van der Waals surface area (Å²) < 4.78 is 11.0. The summed E-state index contributed by atoms with van der Waals surface area (Å²) in [6, 6.07) is 10.9. The van der Waals surface area contributed by atoms with E-state index < -0.39 is 5.97 Å². The maximum Gasteiger partial charge on any atom is 0.336 e. The van der Waals surface area contributed by atoms with Crippen molar-refractivity contribution in [1.82, 2.24) is 9.88 Å². The molecule has 0 saturated carbocycles. The number of pyridine rings is 1. The summed E-state index contributed by atoms with van der Waals surface area (Å²) >= 11 is 6.46. The fourth-order valence-electron chi connectivity index (χ4n) is 4.13. The molecule has 0 amide bonds. The second kappa shape index (κ2) is 9.53. The van der Waals surface area contributed by atoms with Crippen LogP contribution in [0.5, 0.6) is 11.5 Å². The molecule has 0 unspecified atom stereocenters. The highest BCUT2D eigenvalue weighted by atomic mass is 35.5. The molecule has 168 valence electrons. The van der Waals surface area contributed by atoms with E-state index in [0.29, 0.717) is 57.3 Å². The number of ether oxygens (including phenoxy) is 2. The molecule has 0 atom stereocenters. The van der Waals surface area contributed by atoms with E-state index >= 15 is 0 Å². The number of hydrogen-bond acceptors (Lipinski definition) is 5. The van der Waals surface area contributed by atoms with Crippen LogP contribution in [0.4, 0.5) is 0 Å². The molecular formula is C26H23ClN2O4. The fraction of sp³-hybridized carbons (Fsp3) is 0.231. The summed E-state index contributed by atoms with van der Waals surface area (Å²) in [5.41, 5.74) is 4.05. The Morgan fingerprint density at radius 3 is 2.82 bits per heavy atom. The zero-order valence-electron chi connectivity index (χ0n) is 18.4. The maximum atomic E-state index is 12.3. The largest absolute Gasteiger partial charge is 0.493 e. The molecule has 1 N–H and O–H groups in total. The van der Waals surface area contributed by atoms with E-state index in [1.807, 2.05) is 30.3 Å². The third kappa shape index (κ3) is 4.38. The van der Waals surface area contributed by atoms with Crippen LogP contribution in [0.25, 0.3) is 22.6 Å². The van der Waals surface area contributed by atoms with Crippen LogP contribution >= 0.6 is 11.6 Å². The number of para-hydroxylation sites is 1. The Hall–Kier alpha value is -3.53. The number of benzene rings is 2. The van der Waals surface area contributed by atoms with Gasteiger partial charge in [-0.25, -0.2) is 9.78 Å². The van der Waals surface area contributed by atoms with Crippen molar-refractivity contribution in [2.75, 3.05) is 26.8 Å². The number of rotatable bonds is 6. The van der Waals surface area contributed by atoms with E-state index in [4.69, 9.17) is 32.5 Å². The number of aromatic nitrogens is 1. The van der Waals surface area contributed by atoms with Crippen LogP contribution in [0.15, 0.2) is 36.4 Å². The average Bonchev–Trinajstić information content (AvgIpc) is 2.81. The van der Waals surface area contributed by atoms with E-state index in [9.17, 15) is 9.90 Å². The normalized spacial score (nSPS) is 14.7. The summed E-state index contributed by atoms with van der Waals surface area (Å²) in [6.45, 7) is 4.04. The lowest BCUT2D eigenvalue weighted by Crippen LogP contribution is -2.31. The Bertz CT molecular complexity index is 1310. The van der Waals surface area contributed by atoms with Gasteiger partial charge in [0.2, 0.25) is 0 Å². The number of fused-ring (bicyclic) bond motifs is 2. The summed E-state index contributed by atoms with van der Waals surface area (Å²) in [6.07, 6.45) is 7.26. The first kappa shape index (κ1) is 22.7. The lowest BCUT2D eigenvalue weighted by molar-refractivity contribution is 0.0696. The lowest BCUT2D eigenvalue weighted by Gasteiger charge is -2.30. The van der Waals surface area contributed by atoms with Gasteiger partial charge in [-0.1, -0.05) is 42.6 Å². The third-order valence-corrected chi connectivity index (χ3v) is 5.91. The first-order valence-electron chi connectivity index (χ1n) is 10.5. The maximum absolute atomic E-state index is 12.3. The van der Waals surface area contributed by atoms with E-state index in [1.165, 1.54) is 7.11 Å². The van der Waals surface area contributed by atoms with Gasteiger partial charge in [0, 0.05) is 24.0 Å². The molecule has 3 aromatic rings. The number of halogens is 1. The van der Waals surface area contributed by atoms with E-state index in [0.717, 1.165) is 17.7 Å². The van der Waals surface area contributed by atoms with Crippen LogP contribution in [0.3, 0.4) is 0 Å². The Morgan fingerprint density at radius 2 is 2.12 bits per heavy atom. The van der Waals surface area contributed by atoms with E-state index in [-0.39, 0.29) is 6.61 Å². The number of hydrogen-bond donors (Lipinski definition) is 1. The first-order chi connectivity index (χ1) is 16.0. The molecule has 2 heterocycles. The van der Waals surface area contributed by atoms with Crippen molar-refractivity contribution in [2.24, 2.45) is 0 Å². The van der Waals surface area contributed by atoms with Gasteiger partial charge in [-0.05, 0) is 42.0 Å². The minimum absolute atomic E-state index is 0.0737. The number of carboxylic acids is 1.